The van der Waals surface area contributed by atoms with E-state index in [0.29, 0.717) is 16.3 Å². The Labute approximate surface area is 108 Å². The first-order valence-corrected chi connectivity index (χ1v) is 6.09. The lowest BCUT2D eigenvalue weighted by Crippen LogP contribution is -2.11. The van der Waals surface area contributed by atoms with E-state index < -0.39 is 5.82 Å². The minimum absolute atomic E-state index is 0.00464. The van der Waals surface area contributed by atoms with Crippen molar-refractivity contribution in [2.75, 3.05) is 11.1 Å². The van der Waals surface area contributed by atoms with Gasteiger partial charge in [-0.15, -0.1) is 11.3 Å². The van der Waals surface area contributed by atoms with Crippen molar-refractivity contribution in [2.45, 2.75) is 13.8 Å². The zero-order chi connectivity index (χ0) is 13.3. The molecule has 4 nitrogen and oxygen atoms in total. The van der Waals surface area contributed by atoms with E-state index >= 15 is 0 Å². The molecule has 18 heavy (non-hydrogen) atoms. The average Bonchev–Trinajstić information content (AvgIpc) is 2.63. The van der Waals surface area contributed by atoms with E-state index in [-0.39, 0.29) is 11.6 Å². The SMILES string of the molecule is Cc1nc(C)c(C(=O)Nc2ccc(F)c(N)c2)s1. The Bertz CT molecular complexity index is 609. The van der Waals surface area contributed by atoms with Crippen LogP contribution in [0.25, 0.3) is 0 Å². The van der Waals surface area contributed by atoms with Gasteiger partial charge in [0.15, 0.2) is 0 Å². The van der Waals surface area contributed by atoms with Crippen LogP contribution in [0.1, 0.15) is 20.4 Å². The number of carbonyl (C=O) groups excluding carboxylic acids is 1. The van der Waals surface area contributed by atoms with Crippen LogP contribution >= 0.6 is 11.3 Å². The van der Waals surface area contributed by atoms with E-state index in [1.54, 1.807) is 6.92 Å². The molecule has 0 unspecified atom stereocenters. The molecule has 2 aromatic rings. The Balaban J connectivity index is 2.21. The Hall–Kier alpha value is -1.95. The number of hydrogen-bond donors (Lipinski definition) is 2. The fraction of sp³-hybridized carbons (Fsp3) is 0.167. The number of aryl methyl sites for hydroxylation is 2. The fourth-order valence-corrected chi connectivity index (χ4v) is 2.37. The van der Waals surface area contributed by atoms with E-state index in [9.17, 15) is 9.18 Å². The predicted molar refractivity (Wildman–Crippen MR) is 70.4 cm³/mol. The minimum Gasteiger partial charge on any atom is -0.396 e. The Morgan fingerprint density at radius 3 is 2.72 bits per heavy atom. The van der Waals surface area contributed by atoms with Crippen LogP contribution in [-0.4, -0.2) is 10.9 Å². The van der Waals surface area contributed by atoms with Crippen LogP contribution in [0.2, 0.25) is 0 Å². The first kappa shape index (κ1) is 12.5. The molecule has 0 spiro atoms. The number of aromatic nitrogens is 1. The fourth-order valence-electron chi connectivity index (χ4n) is 1.55. The first-order chi connectivity index (χ1) is 8.47. The minimum atomic E-state index is -0.502. The molecule has 1 amide bonds. The standard InChI is InChI=1S/C12H12FN3OS/c1-6-11(18-7(2)15-6)12(17)16-8-3-4-9(13)10(14)5-8/h3-5H,14H2,1-2H3,(H,16,17). The molecule has 1 aromatic carbocycles. The van der Waals surface area contributed by atoms with Crippen molar-refractivity contribution in [1.29, 1.82) is 0 Å². The quantitative estimate of drug-likeness (QED) is 0.820. The number of hydrogen-bond acceptors (Lipinski definition) is 4. The van der Waals surface area contributed by atoms with Crippen LogP contribution in [-0.2, 0) is 0 Å². The zero-order valence-corrected chi connectivity index (χ0v) is 10.8. The number of nitrogens with one attached hydrogen (secondary N) is 1. The number of nitrogens with two attached hydrogens (primary N) is 1. The van der Waals surface area contributed by atoms with E-state index in [1.165, 1.54) is 29.5 Å². The summed E-state index contributed by atoms with van der Waals surface area (Å²) in [5.74, 6) is -0.762. The highest BCUT2D eigenvalue weighted by Gasteiger charge is 2.14. The van der Waals surface area contributed by atoms with Gasteiger partial charge < -0.3 is 11.1 Å². The molecule has 0 aliphatic heterocycles. The van der Waals surface area contributed by atoms with Crippen molar-refractivity contribution in [3.8, 4) is 0 Å². The van der Waals surface area contributed by atoms with Crippen molar-refractivity contribution in [2.24, 2.45) is 0 Å². The molecule has 1 heterocycles. The molecule has 0 radical (unpaired) electrons. The van der Waals surface area contributed by atoms with Gasteiger partial charge in [0.2, 0.25) is 0 Å². The van der Waals surface area contributed by atoms with Crippen LogP contribution < -0.4 is 11.1 Å². The molecule has 2 rings (SSSR count). The van der Waals surface area contributed by atoms with Crippen molar-refractivity contribution in [3.05, 3.63) is 39.6 Å². The summed E-state index contributed by atoms with van der Waals surface area (Å²) in [7, 11) is 0. The predicted octanol–water partition coefficient (Wildman–Crippen LogP) is 2.73. The van der Waals surface area contributed by atoms with Crippen LogP contribution in [0.5, 0.6) is 0 Å². The van der Waals surface area contributed by atoms with Gasteiger partial charge in [-0.25, -0.2) is 9.37 Å². The smallest absolute Gasteiger partial charge is 0.267 e. The maximum atomic E-state index is 13.0. The van der Waals surface area contributed by atoms with Gasteiger partial charge in [0.05, 0.1) is 16.4 Å². The summed E-state index contributed by atoms with van der Waals surface area (Å²) in [4.78, 5) is 16.7. The Kier molecular flexibility index (Phi) is 3.29. The summed E-state index contributed by atoms with van der Waals surface area (Å²) < 4.78 is 13.0. The summed E-state index contributed by atoms with van der Waals surface area (Å²) >= 11 is 1.32. The van der Waals surface area contributed by atoms with Gasteiger partial charge in [-0.1, -0.05) is 0 Å². The summed E-state index contributed by atoms with van der Waals surface area (Å²) in [6, 6.07) is 4.07. The molecular formula is C12H12FN3OS. The third kappa shape index (κ3) is 2.48. The molecule has 0 aliphatic rings. The monoisotopic (exact) mass is 265 g/mol. The number of nitrogen functional groups attached to an aromatic ring is 1. The average molecular weight is 265 g/mol. The lowest BCUT2D eigenvalue weighted by atomic mass is 10.2. The molecule has 94 valence electrons. The number of carbonyl (C=O) groups is 1. The number of amides is 1. The van der Waals surface area contributed by atoms with Crippen LogP contribution in [0.3, 0.4) is 0 Å². The molecule has 0 aliphatic carbocycles. The van der Waals surface area contributed by atoms with Gasteiger partial charge >= 0.3 is 0 Å². The molecule has 0 saturated carbocycles. The Morgan fingerprint density at radius 1 is 1.44 bits per heavy atom. The van der Waals surface area contributed by atoms with E-state index in [2.05, 4.69) is 10.3 Å². The molecule has 1 aromatic heterocycles. The van der Waals surface area contributed by atoms with E-state index in [4.69, 9.17) is 5.73 Å². The maximum Gasteiger partial charge on any atom is 0.267 e. The maximum absolute atomic E-state index is 13.0. The number of halogens is 1. The zero-order valence-electron chi connectivity index (χ0n) is 9.95. The molecule has 3 N–H and O–H groups in total. The molecule has 0 fully saturated rings. The Morgan fingerprint density at radius 2 is 2.17 bits per heavy atom. The molecule has 0 atom stereocenters. The number of nitrogens with zero attached hydrogens (tertiary/aromatic N) is 1. The van der Waals surface area contributed by atoms with Gasteiger partial charge in [-0.3, -0.25) is 4.79 Å². The number of benzene rings is 1. The first-order valence-electron chi connectivity index (χ1n) is 5.28. The number of thiazole rings is 1. The third-order valence-corrected chi connectivity index (χ3v) is 3.44. The molecule has 0 bridgehead atoms. The second-order valence-electron chi connectivity index (χ2n) is 3.84. The van der Waals surface area contributed by atoms with Crippen molar-refractivity contribution in [3.63, 3.8) is 0 Å². The lowest BCUT2D eigenvalue weighted by Gasteiger charge is -2.05. The van der Waals surface area contributed by atoms with Crippen LogP contribution in [0.4, 0.5) is 15.8 Å². The van der Waals surface area contributed by atoms with Crippen molar-refractivity contribution in [1.82, 2.24) is 4.98 Å². The van der Waals surface area contributed by atoms with Gasteiger partial charge in [0.25, 0.3) is 5.91 Å². The van der Waals surface area contributed by atoms with Crippen LogP contribution in [0.15, 0.2) is 18.2 Å². The summed E-state index contributed by atoms with van der Waals surface area (Å²) in [5, 5.41) is 3.50. The molecule has 0 saturated heterocycles. The van der Waals surface area contributed by atoms with E-state index in [1.807, 2.05) is 6.92 Å². The summed E-state index contributed by atoms with van der Waals surface area (Å²) in [5.41, 5.74) is 6.59. The van der Waals surface area contributed by atoms with Gasteiger partial charge in [0.1, 0.15) is 10.7 Å². The third-order valence-electron chi connectivity index (χ3n) is 2.36. The second kappa shape index (κ2) is 4.73. The highest BCUT2D eigenvalue weighted by molar-refractivity contribution is 7.13. The normalized spacial score (nSPS) is 10.4. The van der Waals surface area contributed by atoms with E-state index in [0.717, 1.165) is 5.01 Å². The highest BCUT2D eigenvalue weighted by Crippen LogP contribution is 2.21. The van der Waals surface area contributed by atoms with Crippen molar-refractivity contribution >= 4 is 28.6 Å². The van der Waals surface area contributed by atoms with Gasteiger partial charge in [-0.2, -0.15) is 0 Å². The highest BCUT2D eigenvalue weighted by atomic mass is 32.1. The van der Waals surface area contributed by atoms with Gasteiger partial charge in [0, 0.05) is 5.69 Å². The molecule has 6 heteroatoms. The number of rotatable bonds is 2. The van der Waals surface area contributed by atoms with Gasteiger partial charge in [-0.05, 0) is 32.0 Å². The summed E-state index contributed by atoms with van der Waals surface area (Å²) in [6.45, 7) is 3.61. The topological polar surface area (TPSA) is 68.0 Å². The molecular weight excluding hydrogens is 253 g/mol. The second-order valence-corrected chi connectivity index (χ2v) is 5.04. The lowest BCUT2D eigenvalue weighted by molar-refractivity contribution is 0.103. The van der Waals surface area contributed by atoms with Crippen LogP contribution in [0, 0.1) is 19.7 Å². The largest absolute Gasteiger partial charge is 0.396 e. The number of anilines is 2. The van der Waals surface area contributed by atoms with Crippen molar-refractivity contribution < 1.29 is 9.18 Å². The summed E-state index contributed by atoms with van der Waals surface area (Å²) in [6.07, 6.45) is 0.